The lowest BCUT2D eigenvalue weighted by Gasteiger charge is -2.11. The Morgan fingerprint density at radius 3 is 2.00 bits per heavy atom. The second kappa shape index (κ2) is 8.49. The number of benzene rings is 3. The molecule has 0 aliphatic heterocycles. The van der Waals surface area contributed by atoms with Gasteiger partial charge in [0, 0.05) is 17.1 Å². The summed E-state index contributed by atoms with van der Waals surface area (Å²) in [5.74, 6) is -3.03. The number of halogens is 3. The first kappa shape index (κ1) is 19.3. The van der Waals surface area contributed by atoms with Gasteiger partial charge in [0.15, 0.2) is 11.6 Å². The van der Waals surface area contributed by atoms with Crippen molar-refractivity contribution in [2.24, 2.45) is 0 Å². The van der Waals surface area contributed by atoms with Crippen LogP contribution in [0.4, 0.5) is 30.6 Å². The van der Waals surface area contributed by atoms with Crippen LogP contribution in [0.1, 0.15) is 10.4 Å². The van der Waals surface area contributed by atoms with Crippen LogP contribution >= 0.6 is 11.6 Å². The van der Waals surface area contributed by atoms with Crippen LogP contribution in [0, 0.1) is 11.6 Å². The van der Waals surface area contributed by atoms with Crippen LogP contribution in [0.15, 0.2) is 66.7 Å². The molecule has 0 heterocycles. The summed E-state index contributed by atoms with van der Waals surface area (Å²) in [6.07, 6.45) is 0. The third-order valence-electron chi connectivity index (χ3n) is 3.66. The number of anilines is 3. The van der Waals surface area contributed by atoms with Gasteiger partial charge in [0.05, 0.1) is 10.6 Å². The van der Waals surface area contributed by atoms with Gasteiger partial charge < -0.3 is 16.0 Å². The van der Waals surface area contributed by atoms with Gasteiger partial charge in [-0.1, -0.05) is 35.9 Å². The van der Waals surface area contributed by atoms with Crippen LogP contribution < -0.4 is 16.0 Å². The molecule has 0 spiro atoms. The Labute approximate surface area is 164 Å². The molecule has 3 rings (SSSR count). The number of urea groups is 1. The minimum Gasteiger partial charge on any atom is -0.322 e. The van der Waals surface area contributed by atoms with E-state index in [9.17, 15) is 18.4 Å². The van der Waals surface area contributed by atoms with E-state index in [1.165, 1.54) is 6.07 Å². The standard InChI is InChI=1S/C20H14ClF2N3O2/c21-16-11-18(23)17(22)10-15(16)19(27)24-13-7-4-8-14(9-13)26-20(28)25-12-5-2-1-3-6-12/h1-11H,(H,24,27)(H2,25,26,28). The minimum absolute atomic E-state index is 0.208. The van der Waals surface area contributed by atoms with Gasteiger partial charge in [0.1, 0.15) is 0 Å². The van der Waals surface area contributed by atoms with E-state index in [2.05, 4.69) is 16.0 Å². The van der Waals surface area contributed by atoms with Crippen molar-refractivity contribution in [1.29, 1.82) is 0 Å². The zero-order chi connectivity index (χ0) is 20.1. The van der Waals surface area contributed by atoms with Crippen LogP contribution in [0.2, 0.25) is 5.02 Å². The van der Waals surface area contributed by atoms with E-state index in [0.717, 1.165) is 12.1 Å². The monoisotopic (exact) mass is 401 g/mol. The molecule has 3 amide bonds. The summed E-state index contributed by atoms with van der Waals surface area (Å²) < 4.78 is 26.5. The molecule has 0 bridgehead atoms. The number of carbonyl (C=O) groups is 2. The Morgan fingerprint density at radius 2 is 1.29 bits per heavy atom. The number of carbonyl (C=O) groups excluding carboxylic acids is 2. The third-order valence-corrected chi connectivity index (χ3v) is 3.98. The number of amides is 3. The second-order valence-corrected chi connectivity index (χ2v) is 6.13. The first-order valence-corrected chi connectivity index (χ1v) is 8.49. The molecule has 0 aromatic heterocycles. The summed E-state index contributed by atoms with van der Waals surface area (Å²) in [6.45, 7) is 0. The summed E-state index contributed by atoms with van der Waals surface area (Å²) >= 11 is 5.81. The maximum absolute atomic E-state index is 13.4. The van der Waals surface area contributed by atoms with Crippen LogP contribution in [0.3, 0.4) is 0 Å². The predicted molar refractivity (Wildman–Crippen MR) is 105 cm³/mol. The van der Waals surface area contributed by atoms with E-state index >= 15 is 0 Å². The average Bonchev–Trinajstić information content (AvgIpc) is 2.65. The van der Waals surface area contributed by atoms with Gasteiger partial charge in [-0.25, -0.2) is 13.6 Å². The minimum atomic E-state index is -1.18. The summed E-state index contributed by atoms with van der Waals surface area (Å²) in [4.78, 5) is 24.3. The summed E-state index contributed by atoms with van der Waals surface area (Å²) in [7, 11) is 0. The lowest BCUT2D eigenvalue weighted by atomic mass is 10.2. The Morgan fingerprint density at radius 1 is 0.714 bits per heavy atom. The van der Waals surface area contributed by atoms with E-state index in [-0.39, 0.29) is 10.6 Å². The molecule has 142 valence electrons. The molecule has 3 aromatic carbocycles. The highest BCUT2D eigenvalue weighted by atomic mass is 35.5. The number of hydrogen-bond donors (Lipinski definition) is 3. The molecule has 0 aliphatic carbocycles. The van der Waals surface area contributed by atoms with Gasteiger partial charge in [-0.3, -0.25) is 4.79 Å². The average molecular weight is 402 g/mol. The Hall–Kier alpha value is -3.45. The van der Waals surface area contributed by atoms with Crippen molar-refractivity contribution in [2.75, 3.05) is 16.0 Å². The maximum atomic E-state index is 13.4. The maximum Gasteiger partial charge on any atom is 0.323 e. The smallest absolute Gasteiger partial charge is 0.322 e. The van der Waals surface area contributed by atoms with E-state index < -0.39 is 23.6 Å². The molecule has 0 aliphatic rings. The molecule has 0 saturated heterocycles. The summed E-state index contributed by atoms with van der Waals surface area (Å²) in [6, 6.07) is 16.2. The molecule has 28 heavy (non-hydrogen) atoms. The highest BCUT2D eigenvalue weighted by Crippen LogP contribution is 2.22. The van der Waals surface area contributed by atoms with Crippen molar-refractivity contribution < 1.29 is 18.4 Å². The van der Waals surface area contributed by atoms with Gasteiger partial charge in [-0.05, 0) is 42.5 Å². The molecule has 5 nitrogen and oxygen atoms in total. The highest BCUT2D eigenvalue weighted by molar-refractivity contribution is 6.34. The van der Waals surface area contributed by atoms with Gasteiger partial charge in [0.25, 0.3) is 5.91 Å². The van der Waals surface area contributed by atoms with Crippen LogP contribution in [-0.4, -0.2) is 11.9 Å². The van der Waals surface area contributed by atoms with E-state index in [4.69, 9.17) is 11.6 Å². The Balaban J connectivity index is 1.68. The van der Waals surface area contributed by atoms with Crippen LogP contribution in [0.5, 0.6) is 0 Å². The first-order valence-electron chi connectivity index (χ1n) is 8.11. The SMILES string of the molecule is O=C(Nc1ccccc1)Nc1cccc(NC(=O)c2cc(F)c(F)cc2Cl)c1. The quantitative estimate of drug-likeness (QED) is 0.504. The second-order valence-electron chi connectivity index (χ2n) is 5.73. The molecule has 3 aromatic rings. The van der Waals surface area contributed by atoms with E-state index in [1.54, 1.807) is 42.5 Å². The lowest BCUT2D eigenvalue weighted by Crippen LogP contribution is -2.19. The van der Waals surface area contributed by atoms with Gasteiger partial charge >= 0.3 is 6.03 Å². The van der Waals surface area contributed by atoms with Gasteiger partial charge in [-0.2, -0.15) is 0 Å². The zero-order valence-electron chi connectivity index (χ0n) is 14.3. The van der Waals surface area contributed by atoms with Crippen molar-refractivity contribution in [3.05, 3.63) is 89.0 Å². The fourth-order valence-corrected chi connectivity index (χ4v) is 2.62. The number of hydrogen-bond acceptors (Lipinski definition) is 2. The predicted octanol–water partition coefficient (Wildman–Crippen LogP) is 5.51. The van der Waals surface area contributed by atoms with E-state index in [0.29, 0.717) is 17.1 Å². The molecule has 8 heteroatoms. The fraction of sp³-hybridized carbons (Fsp3) is 0. The van der Waals surface area contributed by atoms with Gasteiger partial charge in [-0.15, -0.1) is 0 Å². The summed E-state index contributed by atoms with van der Waals surface area (Å²) in [5.41, 5.74) is 1.17. The van der Waals surface area contributed by atoms with Crippen molar-refractivity contribution in [2.45, 2.75) is 0 Å². The fourth-order valence-electron chi connectivity index (χ4n) is 2.38. The molecule has 0 saturated carbocycles. The summed E-state index contributed by atoms with van der Waals surface area (Å²) in [5, 5.41) is 7.61. The van der Waals surface area contributed by atoms with Gasteiger partial charge in [0.2, 0.25) is 0 Å². The molecule has 3 N–H and O–H groups in total. The molecule has 0 fully saturated rings. The molecule has 0 atom stereocenters. The van der Waals surface area contributed by atoms with E-state index in [1.807, 2.05) is 6.07 Å². The number of rotatable bonds is 4. The normalized spacial score (nSPS) is 10.2. The number of nitrogens with one attached hydrogen (secondary N) is 3. The molecule has 0 unspecified atom stereocenters. The van der Waals surface area contributed by atoms with Crippen LogP contribution in [-0.2, 0) is 0 Å². The topological polar surface area (TPSA) is 70.2 Å². The third kappa shape index (κ3) is 4.83. The Kier molecular flexibility index (Phi) is 5.86. The first-order chi connectivity index (χ1) is 13.4. The molecule has 0 radical (unpaired) electrons. The zero-order valence-corrected chi connectivity index (χ0v) is 15.1. The van der Waals surface area contributed by atoms with Crippen LogP contribution in [0.25, 0.3) is 0 Å². The van der Waals surface area contributed by atoms with Crippen molar-refractivity contribution in [1.82, 2.24) is 0 Å². The van der Waals surface area contributed by atoms with Crippen molar-refractivity contribution >= 4 is 40.6 Å². The Bertz CT molecular complexity index is 1030. The molecular weight excluding hydrogens is 388 g/mol. The molecular formula is C20H14ClF2N3O2. The number of para-hydroxylation sites is 1. The lowest BCUT2D eigenvalue weighted by molar-refractivity contribution is 0.102. The largest absolute Gasteiger partial charge is 0.323 e. The van der Waals surface area contributed by atoms with Crippen molar-refractivity contribution in [3.8, 4) is 0 Å². The highest BCUT2D eigenvalue weighted by Gasteiger charge is 2.15. The van der Waals surface area contributed by atoms with Crippen molar-refractivity contribution in [3.63, 3.8) is 0 Å².